The first-order chi connectivity index (χ1) is 10.5. The predicted molar refractivity (Wildman–Crippen MR) is 88.3 cm³/mol. The number of aromatic nitrogens is 3. The summed E-state index contributed by atoms with van der Waals surface area (Å²) in [4.78, 5) is 0. The minimum atomic E-state index is 0.0947. The topological polar surface area (TPSA) is 61.5 Å². The normalized spacial score (nSPS) is 11.4. The molecule has 1 aromatic heterocycles. The van der Waals surface area contributed by atoms with Crippen LogP contribution in [0.5, 0.6) is 11.5 Å². The highest BCUT2D eigenvalue weighted by molar-refractivity contribution is 7.98. The summed E-state index contributed by atoms with van der Waals surface area (Å²) in [5.41, 5.74) is 0.910. The molecular weight excluding hydrogens is 300 g/mol. The average molecular weight is 320 g/mol. The standard InChI is InChI=1S/C15H20N4O2S/c1-10(2)21-13-7-6-12(8-14(13)20-4)9-16-19-11(3)17-18-15(19)22-5/h6-10H,1-5H3/b16-9-. The molecule has 0 aliphatic heterocycles. The second kappa shape index (κ2) is 7.31. The molecule has 0 unspecified atom stereocenters. The predicted octanol–water partition coefficient (Wildman–Crippen LogP) is 2.99. The molecule has 2 rings (SSSR count). The lowest BCUT2D eigenvalue weighted by atomic mass is 10.2. The Morgan fingerprint density at radius 2 is 2.05 bits per heavy atom. The van der Waals surface area contributed by atoms with Gasteiger partial charge in [0.1, 0.15) is 0 Å². The molecule has 0 saturated carbocycles. The van der Waals surface area contributed by atoms with Crippen molar-refractivity contribution >= 4 is 18.0 Å². The molecule has 0 amide bonds. The summed E-state index contributed by atoms with van der Waals surface area (Å²) >= 11 is 1.50. The van der Waals surface area contributed by atoms with Crippen molar-refractivity contribution in [2.45, 2.75) is 32.0 Å². The molecule has 0 bridgehead atoms. The second-order valence-electron chi connectivity index (χ2n) is 4.87. The van der Waals surface area contributed by atoms with E-state index in [1.165, 1.54) is 11.8 Å². The Labute approximate surface area is 134 Å². The molecule has 118 valence electrons. The van der Waals surface area contributed by atoms with Gasteiger partial charge in [0.25, 0.3) is 0 Å². The van der Waals surface area contributed by atoms with Crippen LogP contribution in [0.25, 0.3) is 0 Å². The number of hydrogen-bond acceptors (Lipinski definition) is 6. The van der Waals surface area contributed by atoms with E-state index in [1.54, 1.807) is 18.0 Å². The zero-order valence-electron chi connectivity index (χ0n) is 13.4. The van der Waals surface area contributed by atoms with Gasteiger partial charge >= 0.3 is 0 Å². The molecule has 0 atom stereocenters. The monoisotopic (exact) mass is 320 g/mol. The lowest BCUT2D eigenvalue weighted by Gasteiger charge is -2.13. The van der Waals surface area contributed by atoms with Crippen LogP contribution in [0.2, 0.25) is 0 Å². The van der Waals surface area contributed by atoms with E-state index in [2.05, 4.69) is 15.3 Å². The van der Waals surface area contributed by atoms with Gasteiger partial charge in [-0.25, -0.2) is 0 Å². The summed E-state index contributed by atoms with van der Waals surface area (Å²) < 4.78 is 12.8. The third-order valence-corrected chi connectivity index (χ3v) is 3.44. The lowest BCUT2D eigenvalue weighted by Crippen LogP contribution is -2.06. The number of hydrogen-bond donors (Lipinski definition) is 0. The first kappa shape index (κ1) is 16.4. The van der Waals surface area contributed by atoms with Crippen molar-refractivity contribution in [1.29, 1.82) is 0 Å². The zero-order valence-corrected chi connectivity index (χ0v) is 14.2. The first-order valence-electron chi connectivity index (χ1n) is 6.90. The zero-order chi connectivity index (χ0) is 16.1. The summed E-state index contributed by atoms with van der Waals surface area (Å²) in [6, 6.07) is 5.70. The summed E-state index contributed by atoms with van der Waals surface area (Å²) in [6.07, 6.45) is 3.78. The van der Waals surface area contributed by atoms with Gasteiger partial charge in [-0.05, 0) is 50.8 Å². The van der Waals surface area contributed by atoms with Crippen molar-refractivity contribution in [2.24, 2.45) is 5.10 Å². The Balaban J connectivity index is 2.26. The lowest BCUT2D eigenvalue weighted by molar-refractivity contribution is 0.230. The number of thioether (sulfide) groups is 1. The van der Waals surface area contributed by atoms with Crippen LogP contribution in [0.4, 0.5) is 0 Å². The van der Waals surface area contributed by atoms with Crippen molar-refractivity contribution in [2.75, 3.05) is 13.4 Å². The minimum absolute atomic E-state index is 0.0947. The highest BCUT2D eigenvalue weighted by atomic mass is 32.2. The molecule has 0 saturated heterocycles. The fraction of sp³-hybridized carbons (Fsp3) is 0.400. The van der Waals surface area contributed by atoms with Crippen molar-refractivity contribution in [3.63, 3.8) is 0 Å². The average Bonchev–Trinajstić information content (AvgIpc) is 2.86. The van der Waals surface area contributed by atoms with Crippen molar-refractivity contribution < 1.29 is 9.47 Å². The van der Waals surface area contributed by atoms with Crippen LogP contribution in [0.1, 0.15) is 25.2 Å². The maximum atomic E-state index is 5.70. The Morgan fingerprint density at radius 1 is 1.27 bits per heavy atom. The van der Waals surface area contributed by atoms with Gasteiger partial charge in [-0.2, -0.15) is 9.78 Å². The summed E-state index contributed by atoms with van der Waals surface area (Å²) in [5, 5.41) is 13.2. The first-order valence-corrected chi connectivity index (χ1v) is 8.12. The van der Waals surface area contributed by atoms with Gasteiger partial charge in [-0.15, -0.1) is 10.2 Å². The molecule has 2 aromatic rings. The molecule has 0 spiro atoms. The molecular formula is C15H20N4O2S. The van der Waals surface area contributed by atoms with E-state index in [0.717, 1.165) is 22.3 Å². The Bertz CT molecular complexity index is 668. The van der Waals surface area contributed by atoms with E-state index in [0.29, 0.717) is 5.75 Å². The maximum Gasteiger partial charge on any atom is 0.211 e. The third-order valence-electron chi connectivity index (χ3n) is 2.82. The summed E-state index contributed by atoms with van der Waals surface area (Å²) in [7, 11) is 1.62. The van der Waals surface area contributed by atoms with Gasteiger partial charge in [0.2, 0.25) is 5.16 Å². The molecule has 0 aliphatic rings. The number of ether oxygens (including phenoxy) is 2. The van der Waals surface area contributed by atoms with Gasteiger partial charge in [0.05, 0.1) is 19.4 Å². The van der Waals surface area contributed by atoms with Gasteiger partial charge in [0, 0.05) is 0 Å². The van der Waals surface area contributed by atoms with Crippen LogP contribution in [0.3, 0.4) is 0 Å². The Kier molecular flexibility index (Phi) is 5.43. The molecule has 0 aliphatic carbocycles. The molecule has 22 heavy (non-hydrogen) atoms. The van der Waals surface area contributed by atoms with Crippen LogP contribution >= 0.6 is 11.8 Å². The minimum Gasteiger partial charge on any atom is -0.493 e. The van der Waals surface area contributed by atoms with E-state index in [1.807, 2.05) is 45.2 Å². The fourth-order valence-corrected chi connectivity index (χ4v) is 2.31. The Hall–Kier alpha value is -2.02. The van der Waals surface area contributed by atoms with Gasteiger partial charge in [0.15, 0.2) is 17.3 Å². The van der Waals surface area contributed by atoms with E-state index in [4.69, 9.17) is 9.47 Å². The quantitative estimate of drug-likeness (QED) is 0.605. The van der Waals surface area contributed by atoms with E-state index < -0.39 is 0 Å². The SMILES string of the molecule is COc1cc(/C=N\n2c(C)nnc2SC)ccc1OC(C)C. The molecule has 0 radical (unpaired) electrons. The van der Waals surface area contributed by atoms with E-state index >= 15 is 0 Å². The molecule has 0 fully saturated rings. The smallest absolute Gasteiger partial charge is 0.211 e. The van der Waals surface area contributed by atoms with Crippen LogP contribution in [-0.4, -0.2) is 40.6 Å². The molecule has 1 aromatic carbocycles. The van der Waals surface area contributed by atoms with Crippen LogP contribution in [-0.2, 0) is 0 Å². The van der Waals surface area contributed by atoms with Crippen molar-refractivity contribution in [3.05, 3.63) is 29.6 Å². The number of methoxy groups -OCH3 is 1. The number of benzene rings is 1. The maximum absolute atomic E-state index is 5.70. The summed E-state index contributed by atoms with van der Waals surface area (Å²) in [5.74, 6) is 2.15. The molecule has 6 nitrogen and oxygen atoms in total. The van der Waals surface area contributed by atoms with Crippen LogP contribution in [0.15, 0.2) is 28.5 Å². The van der Waals surface area contributed by atoms with Crippen molar-refractivity contribution in [1.82, 2.24) is 14.9 Å². The molecule has 7 heteroatoms. The van der Waals surface area contributed by atoms with Gasteiger partial charge in [-0.3, -0.25) is 0 Å². The summed E-state index contributed by atoms with van der Waals surface area (Å²) in [6.45, 7) is 5.82. The number of nitrogens with zero attached hydrogens (tertiary/aromatic N) is 4. The van der Waals surface area contributed by atoms with Crippen LogP contribution < -0.4 is 9.47 Å². The Morgan fingerprint density at radius 3 is 2.68 bits per heavy atom. The second-order valence-corrected chi connectivity index (χ2v) is 5.64. The fourth-order valence-electron chi connectivity index (χ4n) is 1.84. The van der Waals surface area contributed by atoms with E-state index in [9.17, 15) is 0 Å². The number of aryl methyl sites for hydroxylation is 1. The molecule has 0 N–H and O–H groups in total. The van der Waals surface area contributed by atoms with Gasteiger partial charge in [-0.1, -0.05) is 11.8 Å². The number of rotatable bonds is 6. The third kappa shape index (κ3) is 3.79. The van der Waals surface area contributed by atoms with Gasteiger partial charge < -0.3 is 9.47 Å². The van der Waals surface area contributed by atoms with Crippen LogP contribution in [0, 0.1) is 6.92 Å². The van der Waals surface area contributed by atoms with E-state index in [-0.39, 0.29) is 6.10 Å². The largest absolute Gasteiger partial charge is 0.493 e. The highest BCUT2D eigenvalue weighted by Gasteiger charge is 2.08. The molecule has 1 heterocycles. The van der Waals surface area contributed by atoms with Crippen molar-refractivity contribution in [3.8, 4) is 11.5 Å². The highest BCUT2D eigenvalue weighted by Crippen LogP contribution is 2.28.